The number of fused-ring (bicyclic) bond motifs is 1. The summed E-state index contributed by atoms with van der Waals surface area (Å²) >= 11 is 0. The maximum absolute atomic E-state index is 12.4. The summed E-state index contributed by atoms with van der Waals surface area (Å²) in [5.41, 5.74) is 7.00. The van der Waals surface area contributed by atoms with Crippen LogP contribution in [0.25, 0.3) is 11.0 Å². The van der Waals surface area contributed by atoms with Gasteiger partial charge in [-0.3, -0.25) is 9.59 Å². The van der Waals surface area contributed by atoms with Crippen LogP contribution in [0.15, 0.2) is 28.7 Å². The molecule has 0 aliphatic carbocycles. The summed E-state index contributed by atoms with van der Waals surface area (Å²) in [6, 6.07) is 7.00. The summed E-state index contributed by atoms with van der Waals surface area (Å²) in [6.45, 7) is 2.61. The van der Waals surface area contributed by atoms with Crippen molar-refractivity contribution in [2.24, 2.45) is 0 Å². The zero-order valence-corrected chi connectivity index (χ0v) is 11.8. The van der Waals surface area contributed by atoms with Crippen LogP contribution in [-0.4, -0.2) is 35.8 Å². The van der Waals surface area contributed by atoms with Crippen molar-refractivity contribution in [3.8, 4) is 0 Å². The summed E-state index contributed by atoms with van der Waals surface area (Å²) in [6.07, 6.45) is 0.762. The first-order valence-electron chi connectivity index (χ1n) is 6.88. The third kappa shape index (κ3) is 2.69. The molecular formula is C15H17N3O3. The fourth-order valence-electron chi connectivity index (χ4n) is 2.67. The number of benzene rings is 1. The number of carbonyl (C=O) groups excluding carboxylic acids is 2. The number of nitrogen functional groups attached to an aromatic ring is 1. The molecule has 2 heterocycles. The number of rotatable bonds is 2. The van der Waals surface area contributed by atoms with Crippen LogP contribution in [-0.2, 0) is 4.79 Å². The van der Waals surface area contributed by atoms with Crippen LogP contribution in [0.4, 0.5) is 5.69 Å². The molecular weight excluding hydrogens is 270 g/mol. The molecule has 6 heteroatoms. The van der Waals surface area contributed by atoms with E-state index in [4.69, 9.17) is 10.2 Å². The first kappa shape index (κ1) is 13.5. The number of amides is 2. The first-order valence-corrected chi connectivity index (χ1v) is 6.88. The lowest BCUT2D eigenvalue weighted by Gasteiger charge is -2.15. The van der Waals surface area contributed by atoms with Gasteiger partial charge >= 0.3 is 0 Å². The van der Waals surface area contributed by atoms with E-state index in [-0.39, 0.29) is 17.9 Å². The lowest BCUT2D eigenvalue weighted by molar-refractivity contribution is -0.119. The van der Waals surface area contributed by atoms with Crippen molar-refractivity contribution in [3.05, 3.63) is 30.0 Å². The van der Waals surface area contributed by atoms with Crippen LogP contribution in [0, 0.1) is 0 Å². The van der Waals surface area contributed by atoms with Crippen LogP contribution in [0.2, 0.25) is 0 Å². The largest absolute Gasteiger partial charge is 0.451 e. The molecule has 0 bridgehead atoms. The molecule has 0 radical (unpaired) electrons. The second kappa shape index (κ2) is 5.12. The Kier molecular flexibility index (Phi) is 3.29. The van der Waals surface area contributed by atoms with Crippen molar-refractivity contribution in [1.29, 1.82) is 0 Å². The maximum Gasteiger partial charge on any atom is 0.289 e. The van der Waals surface area contributed by atoms with Crippen molar-refractivity contribution >= 4 is 28.5 Å². The minimum absolute atomic E-state index is 0.0199. The SMILES string of the molecule is CC(=O)NC1CCN(C(=O)c2cc3cc(N)ccc3o2)C1. The Balaban J connectivity index is 1.76. The third-order valence-corrected chi connectivity index (χ3v) is 3.63. The normalized spacial score (nSPS) is 18.1. The Morgan fingerprint density at radius 2 is 2.19 bits per heavy atom. The number of hydrogen-bond donors (Lipinski definition) is 2. The topological polar surface area (TPSA) is 88.6 Å². The lowest BCUT2D eigenvalue weighted by Crippen LogP contribution is -2.37. The molecule has 1 saturated heterocycles. The molecule has 0 saturated carbocycles. The molecule has 1 atom stereocenters. The van der Waals surface area contributed by atoms with Crippen molar-refractivity contribution < 1.29 is 14.0 Å². The molecule has 2 amide bonds. The number of carbonyl (C=O) groups is 2. The second-order valence-electron chi connectivity index (χ2n) is 5.35. The molecule has 21 heavy (non-hydrogen) atoms. The van der Waals surface area contributed by atoms with E-state index < -0.39 is 0 Å². The molecule has 3 N–H and O–H groups in total. The summed E-state index contributed by atoms with van der Waals surface area (Å²) in [5, 5.41) is 3.65. The third-order valence-electron chi connectivity index (χ3n) is 3.63. The van der Waals surface area contributed by atoms with E-state index in [9.17, 15) is 9.59 Å². The van der Waals surface area contributed by atoms with E-state index in [1.54, 1.807) is 29.2 Å². The molecule has 1 aromatic heterocycles. The van der Waals surface area contributed by atoms with Crippen molar-refractivity contribution in [2.45, 2.75) is 19.4 Å². The minimum Gasteiger partial charge on any atom is -0.451 e. The fraction of sp³-hybridized carbons (Fsp3) is 0.333. The van der Waals surface area contributed by atoms with Gasteiger partial charge in [-0.2, -0.15) is 0 Å². The molecule has 0 spiro atoms. The van der Waals surface area contributed by atoms with Gasteiger partial charge in [0.05, 0.1) is 0 Å². The monoisotopic (exact) mass is 287 g/mol. The Hall–Kier alpha value is -2.50. The number of nitrogens with two attached hydrogens (primary N) is 1. The second-order valence-corrected chi connectivity index (χ2v) is 5.35. The molecule has 2 aromatic rings. The smallest absolute Gasteiger partial charge is 0.289 e. The van der Waals surface area contributed by atoms with Crippen molar-refractivity contribution in [3.63, 3.8) is 0 Å². The zero-order chi connectivity index (χ0) is 15.0. The highest BCUT2D eigenvalue weighted by molar-refractivity contribution is 5.96. The standard InChI is InChI=1S/C15H17N3O3/c1-9(19)17-12-4-5-18(8-12)15(20)14-7-10-6-11(16)2-3-13(10)21-14/h2-3,6-7,12H,4-5,8,16H2,1H3,(H,17,19). The number of hydrogen-bond acceptors (Lipinski definition) is 4. The molecule has 1 aliphatic heterocycles. The van der Waals surface area contributed by atoms with Gasteiger partial charge in [-0.05, 0) is 30.7 Å². The Morgan fingerprint density at radius 3 is 2.95 bits per heavy atom. The predicted octanol–water partition coefficient (Wildman–Crippen LogP) is 1.37. The highest BCUT2D eigenvalue weighted by atomic mass is 16.3. The van der Waals surface area contributed by atoms with Crippen LogP contribution in [0.5, 0.6) is 0 Å². The highest BCUT2D eigenvalue weighted by Gasteiger charge is 2.29. The van der Waals surface area contributed by atoms with Crippen molar-refractivity contribution in [1.82, 2.24) is 10.2 Å². The number of furan rings is 1. The average Bonchev–Trinajstić information content (AvgIpc) is 3.03. The first-order chi connectivity index (χ1) is 10.0. The van der Waals surface area contributed by atoms with Gasteiger partial charge in [-0.1, -0.05) is 0 Å². The van der Waals surface area contributed by atoms with Crippen LogP contribution < -0.4 is 11.1 Å². The van der Waals surface area contributed by atoms with E-state index in [2.05, 4.69) is 5.32 Å². The maximum atomic E-state index is 12.4. The zero-order valence-electron chi connectivity index (χ0n) is 11.8. The fourth-order valence-corrected chi connectivity index (χ4v) is 2.67. The van der Waals surface area contributed by atoms with Crippen molar-refractivity contribution in [2.75, 3.05) is 18.8 Å². The van der Waals surface area contributed by atoms with E-state index in [0.29, 0.717) is 30.1 Å². The Bertz CT molecular complexity index is 707. The molecule has 3 rings (SSSR count). The van der Waals surface area contributed by atoms with Gasteiger partial charge in [0.2, 0.25) is 5.91 Å². The minimum atomic E-state index is -0.155. The molecule has 1 fully saturated rings. The van der Waals surface area contributed by atoms with Crippen LogP contribution in [0.3, 0.4) is 0 Å². The summed E-state index contributed by atoms with van der Waals surface area (Å²) in [4.78, 5) is 25.2. The van der Waals surface area contributed by atoms with Gasteiger partial charge < -0.3 is 20.4 Å². The Morgan fingerprint density at radius 1 is 1.38 bits per heavy atom. The van der Waals surface area contributed by atoms with Gasteiger partial charge in [0.15, 0.2) is 5.76 Å². The van der Waals surface area contributed by atoms with Gasteiger partial charge in [-0.15, -0.1) is 0 Å². The van der Waals surface area contributed by atoms with Crippen LogP contribution >= 0.6 is 0 Å². The average molecular weight is 287 g/mol. The number of likely N-dealkylation sites (tertiary alicyclic amines) is 1. The van der Waals surface area contributed by atoms with Gasteiger partial charge in [0.25, 0.3) is 5.91 Å². The van der Waals surface area contributed by atoms with Gasteiger partial charge in [0.1, 0.15) is 5.58 Å². The van der Waals surface area contributed by atoms with Crippen LogP contribution in [0.1, 0.15) is 23.9 Å². The molecule has 1 unspecified atom stereocenters. The molecule has 1 aliphatic rings. The van der Waals surface area contributed by atoms with Gasteiger partial charge in [-0.25, -0.2) is 0 Å². The van der Waals surface area contributed by atoms with Gasteiger partial charge in [0, 0.05) is 37.1 Å². The summed E-state index contributed by atoms with van der Waals surface area (Å²) in [7, 11) is 0. The van der Waals surface area contributed by atoms with E-state index in [1.807, 2.05) is 0 Å². The summed E-state index contributed by atoms with van der Waals surface area (Å²) < 4.78 is 5.58. The highest BCUT2D eigenvalue weighted by Crippen LogP contribution is 2.23. The summed E-state index contributed by atoms with van der Waals surface area (Å²) in [5.74, 6) is 0.0743. The lowest BCUT2D eigenvalue weighted by atomic mass is 10.2. The quantitative estimate of drug-likeness (QED) is 0.816. The predicted molar refractivity (Wildman–Crippen MR) is 78.8 cm³/mol. The number of anilines is 1. The molecule has 1 aromatic carbocycles. The van der Waals surface area contributed by atoms with E-state index in [1.165, 1.54) is 6.92 Å². The number of nitrogens with zero attached hydrogens (tertiary/aromatic N) is 1. The van der Waals surface area contributed by atoms with E-state index in [0.717, 1.165) is 11.8 Å². The van der Waals surface area contributed by atoms with E-state index >= 15 is 0 Å². The number of nitrogens with one attached hydrogen (secondary N) is 1. The molecule has 6 nitrogen and oxygen atoms in total. The molecule has 110 valence electrons. The Labute approximate surface area is 121 Å².